The summed E-state index contributed by atoms with van der Waals surface area (Å²) in [6.07, 6.45) is -0.191. The fourth-order valence-corrected chi connectivity index (χ4v) is 2.03. The molecule has 6 heteroatoms. The van der Waals surface area contributed by atoms with Crippen molar-refractivity contribution in [2.24, 2.45) is 0 Å². The molecule has 5 nitrogen and oxygen atoms in total. The van der Waals surface area contributed by atoms with Crippen molar-refractivity contribution in [1.29, 1.82) is 0 Å². The number of carbonyl (C=O) groups is 2. The molecule has 0 aliphatic rings. The number of rotatable bonds is 4. The van der Waals surface area contributed by atoms with Gasteiger partial charge in [-0.1, -0.05) is 20.8 Å². The smallest absolute Gasteiger partial charge is 0.303 e. The first-order chi connectivity index (χ1) is 7.79. The molecule has 0 aromatic carbocycles. The molecule has 0 saturated carbocycles. The molecular formula is C11H16N2O3S. The van der Waals surface area contributed by atoms with Crippen LogP contribution in [0.5, 0.6) is 0 Å². The van der Waals surface area contributed by atoms with E-state index in [0.717, 1.165) is 5.69 Å². The number of amides is 1. The Bertz CT molecular complexity index is 421. The van der Waals surface area contributed by atoms with E-state index < -0.39 is 5.97 Å². The Morgan fingerprint density at radius 1 is 1.41 bits per heavy atom. The van der Waals surface area contributed by atoms with Gasteiger partial charge in [0.05, 0.1) is 12.1 Å². The van der Waals surface area contributed by atoms with Gasteiger partial charge in [-0.25, -0.2) is 4.98 Å². The van der Waals surface area contributed by atoms with Crippen LogP contribution in [-0.2, 0) is 15.0 Å². The van der Waals surface area contributed by atoms with E-state index in [1.165, 1.54) is 11.3 Å². The number of thiazole rings is 1. The SMILES string of the molecule is CC(C)(C)c1csc(NC(=O)CCC(=O)O)n1. The van der Waals surface area contributed by atoms with Crippen LogP contribution in [0.2, 0.25) is 0 Å². The van der Waals surface area contributed by atoms with Crippen molar-refractivity contribution in [3.8, 4) is 0 Å². The maximum atomic E-state index is 11.4. The molecule has 0 aliphatic carbocycles. The third-order valence-electron chi connectivity index (χ3n) is 2.08. The van der Waals surface area contributed by atoms with E-state index in [-0.39, 0.29) is 24.2 Å². The summed E-state index contributed by atoms with van der Waals surface area (Å²) >= 11 is 1.35. The first kappa shape index (κ1) is 13.6. The minimum atomic E-state index is -0.977. The van der Waals surface area contributed by atoms with E-state index >= 15 is 0 Å². The number of aromatic nitrogens is 1. The van der Waals surface area contributed by atoms with E-state index in [9.17, 15) is 9.59 Å². The Hall–Kier alpha value is -1.43. The van der Waals surface area contributed by atoms with Crippen LogP contribution in [0.4, 0.5) is 5.13 Å². The fraction of sp³-hybridized carbons (Fsp3) is 0.545. The molecular weight excluding hydrogens is 240 g/mol. The van der Waals surface area contributed by atoms with Gasteiger partial charge in [-0.15, -0.1) is 11.3 Å². The minimum absolute atomic E-state index is 0.0280. The van der Waals surface area contributed by atoms with Crippen molar-refractivity contribution in [3.05, 3.63) is 11.1 Å². The second-order valence-corrected chi connectivity index (χ2v) is 5.59. The molecule has 1 amide bonds. The third kappa shape index (κ3) is 4.52. The second kappa shape index (κ2) is 5.27. The van der Waals surface area contributed by atoms with Crippen LogP contribution in [0.3, 0.4) is 0 Å². The zero-order chi connectivity index (χ0) is 13.1. The normalized spacial score (nSPS) is 11.2. The minimum Gasteiger partial charge on any atom is -0.481 e. The molecule has 0 atom stereocenters. The number of anilines is 1. The molecule has 0 saturated heterocycles. The van der Waals surface area contributed by atoms with E-state index in [4.69, 9.17) is 5.11 Å². The van der Waals surface area contributed by atoms with Gasteiger partial charge < -0.3 is 10.4 Å². The highest BCUT2D eigenvalue weighted by Gasteiger charge is 2.18. The van der Waals surface area contributed by atoms with Gasteiger partial charge in [-0.05, 0) is 0 Å². The lowest BCUT2D eigenvalue weighted by molar-refractivity contribution is -0.138. The molecule has 0 unspecified atom stereocenters. The Morgan fingerprint density at radius 2 is 2.06 bits per heavy atom. The molecule has 94 valence electrons. The topological polar surface area (TPSA) is 79.3 Å². The van der Waals surface area contributed by atoms with Gasteiger partial charge in [0.1, 0.15) is 0 Å². The Morgan fingerprint density at radius 3 is 2.53 bits per heavy atom. The van der Waals surface area contributed by atoms with Crippen LogP contribution < -0.4 is 5.32 Å². The van der Waals surface area contributed by atoms with E-state index in [1.54, 1.807) is 0 Å². The van der Waals surface area contributed by atoms with Crippen LogP contribution in [0.15, 0.2) is 5.38 Å². The van der Waals surface area contributed by atoms with Crippen LogP contribution in [0.25, 0.3) is 0 Å². The Balaban J connectivity index is 2.55. The summed E-state index contributed by atoms with van der Waals surface area (Å²) in [4.78, 5) is 26.0. The standard InChI is InChI=1S/C11H16N2O3S/c1-11(2,3)7-6-17-10(12-7)13-8(14)4-5-9(15)16/h6H,4-5H2,1-3H3,(H,15,16)(H,12,13,14). The molecule has 1 aromatic rings. The Labute approximate surface area is 104 Å². The first-order valence-electron chi connectivity index (χ1n) is 5.26. The number of nitrogens with zero attached hydrogens (tertiary/aromatic N) is 1. The van der Waals surface area contributed by atoms with Gasteiger partial charge in [0, 0.05) is 17.2 Å². The average molecular weight is 256 g/mol. The zero-order valence-electron chi connectivity index (χ0n) is 10.1. The summed E-state index contributed by atoms with van der Waals surface area (Å²) in [5.74, 6) is -1.29. The molecule has 2 N–H and O–H groups in total. The summed E-state index contributed by atoms with van der Waals surface area (Å²) in [5.41, 5.74) is 0.858. The lowest BCUT2D eigenvalue weighted by Crippen LogP contribution is -2.14. The third-order valence-corrected chi connectivity index (χ3v) is 2.84. The number of carboxylic acid groups (broad SMARTS) is 1. The van der Waals surface area contributed by atoms with Crippen molar-refractivity contribution in [1.82, 2.24) is 4.98 Å². The van der Waals surface area contributed by atoms with Gasteiger partial charge in [0.25, 0.3) is 0 Å². The van der Waals surface area contributed by atoms with Crippen LogP contribution in [0, 0.1) is 0 Å². The number of aliphatic carboxylic acids is 1. The molecule has 0 spiro atoms. The number of hydrogen-bond donors (Lipinski definition) is 2. The first-order valence-corrected chi connectivity index (χ1v) is 6.14. The van der Waals surface area contributed by atoms with Crippen LogP contribution in [0.1, 0.15) is 39.3 Å². The van der Waals surface area contributed by atoms with Gasteiger partial charge in [0.2, 0.25) is 5.91 Å². The van der Waals surface area contributed by atoms with Crippen molar-refractivity contribution in [2.45, 2.75) is 39.0 Å². The highest BCUT2D eigenvalue weighted by molar-refractivity contribution is 7.13. The van der Waals surface area contributed by atoms with Crippen molar-refractivity contribution in [2.75, 3.05) is 5.32 Å². The van der Waals surface area contributed by atoms with Gasteiger partial charge in [-0.3, -0.25) is 9.59 Å². The largest absolute Gasteiger partial charge is 0.481 e. The zero-order valence-corrected chi connectivity index (χ0v) is 10.9. The van der Waals surface area contributed by atoms with Crippen molar-refractivity contribution >= 4 is 28.3 Å². The fourth-order valence-electron chi connectivity index (χ4n) is 1.08. The highest BCUT2D eigenvalue weighted by Crippen LogP contribution is 2.26. The molecule has 1 heterocycles. The van der Waals surface area contributed by atoms with Crippen molar-refractivity contribution < 1.29 is 14.7 Å². The lowest BCUT2D eigenvalue weighted by atomic mass is 9.93. The van der Waals surface area contributed by atoms with Crippen LogP contribution in [-0.4, -0.2) is 22.0 Å². The quantitative estimate of drug-likeness (QED) is 0.866. The maximum absolute atomic E-state index is 11.4. The number of carboxylic acids is 1. The maximum Gasteiger partial charge on any atom is 0.303 e. The van der Waals surface area contributed by atoms with Crippen molar-refractivity contribution in [3.63, 3.8) is 0 Å². The summed E-state index contributed by atoms with van der Waals surface area (Å²) in [6, 6.07) is 0. The van der Waals surface area contributed by atoms with Gasteiger partial charge in [0.15, 0.2) is 5.13 Å². The molecule has 1 aromatic heterocycles. The van der Waals surface area contributed by atoms with Gasteiger partial charge in [-0.2, -0.15) is 0 Å². The lowest BCUT2D eigenvalue weighted by Gasteiger charge is -2.14. The number of carbonyl (C=O) groups excluding carboxylic acids is 1. The summed E-state index contributed by atoms with van der Waals surface area (Å²) < 4.78 is 0. The Kier molecular flexibility index (Phi) is 4.22. The second-order valence-electron chi connectivity index (χ2n) is 4.73. The molecule has 0 fully saturated rings. The highest BCUT2D eigenvalue weighted by atomic mass is 32.1. The van der Waals surface area contributed by atoms with E-state index in [1.807, 2.05) is 26.2 Å². The van der Waals surface area contributed by atoms with Gasteiger partial charge >= 0.3 is 5.97 Å². The molecule has 0 bridgehead atoms. The molecule has 0 aliphatic heterocycles. The summed E-state index contributed by atoms with van der Waals surface area (Å²) in [6.45, 7) is 6.12. The predicted molar refractivity (Wildman–Crippen MR) is 66.3 cm³/mol. The predicted octanol–water partition coefficient (Wildman–Crippen LogP) is 2.24. The molecule has 1 rings (SSSR count). The van der Waals surface area contributed by atoms with E-state index in [2.05, 4.69) is 10.3 Å². The van der Waals surface area contributed by atoms with E-state index in [0.29, 0.717) is 5.13 Å². The summed E-state index contributed by atoms with van der Waals surface area (Å²) in [7, 11) is 0. The number of hydrogen-bond acceptors (Lipinski definition) is 4. The monoisotopic (exact) mass is 256 g/mol. The van der Waals surface area contributed by atoms with Crippen LogP contribution >= 0.6 is 11.3 Å². The average Bonchev–Trinajstić information content (AvgIpc) is 2.62. The molecule has 0 radical (unpaired) electrons. The number of nitrogens with one attached hydrogen (secondary N) is 1. The molecule has 17 heavy (non-hydrogen) atoms. The summed E-state index contributed by atoms with van der Waals surface area (Å²) in [5, 5.41) is 13.5.